The number of piperidine rings is 1. The lowest BCUT2D eigenvalue weighted by atomic mass is 9.84. The summed E-state index contributed by atoms with van der Waals surface area (Å²) in [5.74, 6) is 1.06. The van der Waals surface area contributed by atoms with Gasteiger partial charge in [0.25, 0.3) is 0 Å². The van der Waals surface area contributed by atoms with Crippen molar-refractivity contribution in [1.29, 1.82) is 0 Å². The van der Waals surface area contributed by atoms with Crippen molar-refractivity contribution in [2.75, 3.05) is 0 Å². The lowest BCUT2D eigenvalue weighted by molar-refractivity contribution is -0.125. The fourth-order valence-electron chi connectivity index (χ4n) is 3.44. The first kappa shape index (κ1) is 13.9. The van der Waals surface area contributed by atoms with Gasteiger partial charge in [0.2, 0.25) is 5.91 Å². The highest BCUT2D eigenvalue weighted by molar-refractivity contribution is 5.82. The molecule has 3 heteroatoms. The molecule has 0 aromatic carbocycles. The summed E-state index contributed by atoms with van der Waals surface area (Å²) in [5.41, 5.74) is 0. The fourth-order valence-corrected chi connectivity index (χ4v) is 3.44. The molecule has 2 N–H and O–H groups in total. The molecule has 1 heterocycles. The van der Waals surface area contributed by atoms with E-state index in [1.54, 1.807) is 0 Å². The van der Waals surface area contributed by atoms with Crippen LogP contribution in [0.1, 0.15) is 65.2 Å². The summed E-state index contributed by atoms with van der Waals surface area (Å²) in [4.78, 5) is 12.2. The Morgan fingerprint density at radius 3 is 2.72 bits per heavy atom. The van der Waals surface area contributed by atoms with Crippen molar-refractivity contribution < 1.29 is 4.79 Å². The third-order valence-electron chi connectivity index (χ3n) is 4.64. The molecule has 1 saturated carbocycles. The number of nitrogens with one attached hydrogen (secondary N) is 2. The predicted octanol–water partition coefficient (Wildman–Crippen LogP) is 2.60. The van der Waals surface area contributed by atoms with Crippen LogP contribution >= 0.6 is 0 Å². The molecule has 4 atom stereocenters. The molecular formula is C15H28N2O. The number of rotatable bonds is 3. The monoisotopic (exact) mass is 252 g/mol. The molecule has 4 unspecified atom stereocenters. The Labute approximate surface area is 111 Å². The van der Waals surface area contributed by atoms with Gasteiger partial charge in [0.05, 0.1) is 6.04 Å². The molecule has 18 heavy (non-hydrogen) atoms. The second kappa shape index (κ2) is 6.55. The van der Waals surface area contributed by atoms with Crippen molar-refractivity contribution >= 4 is 5.91 Å². The molecule has 2 rings (SSSR count). The zero-order valence-electron chi connectivity index (χ0n) is 11.9. The van der Waals surface area contributed by atoms with Gasteiger partial charge < -0.3 is 10.6 Å². The highest BCUT2D eigenvalue weighted by atomic mass is 16.2. The van der Waals surface area contributed by atoms with Crippen LogP contribution in [0.4, 0.5) is 0 Å². The third-order valence-corrected chi connectivity index (χ3v) is 4.64. The lowest BCUT2D eigenvalue weighted by Crippen LogP contribution is -2.52. The van der Waals surface area contributed by atoms with E-state index in [9.17, 15) is 4.79 Å². The summed E-state index contributed by atoms with van der Waals surface area (Å²) in [6, 6.07) is 0.968. The first-order valence-corrected chi connectivity index (χ1v) is 7.75. The molecule has 0 spiro atoms. The predicted molar refractivity (Wildman–Crippen MR) is 74.4 cm³/mol. The minimum Gasteiger partial charge on any atom is -0.352 e. The van der Waals surface area contributed by atoms with Crippen LogP contribution in [0.5, 0.6) is 0 Å². The van der Waals surface area contributed by atoms with E-state index in [0.717, 1.165) is 12.3 Å². The first-order chi connectivity index (χ1) is 8.69. The highest BCUT2D eigenvalue weighted by Gasteiger charge is 2.27. The molecule has 0 aromatic rings. The van der Waals surface area contributed by atoms with E-state index in [4.69, 9.17) is 0 Å². The Morgan fingerprint density at radius 2 is 2.00 bits per heavy atom. The SMILES string of the molecule is CCC1CCCC(NC(=O)C2CCCC(C)N2)C1. The maximum absolute atomic E-state index is 12.2. The summed E-state index contributed by atoms with van der Waals surface area (Å²) in [6.07, 6.45) is 9.61. The number of hydrogen-bond acceptors (Lipinski definition) is 2. The van der Waals surface area contributed by atoms with E-state index >= 15 is 0 Å². The van der Waals surface area contributed by atoms with Crippen LogP contribution in [0, 0.1) is 5.92 Å². The second-order valence-corrected chi connectivity index (χ2v) is 6.20. The third kappa shape index (κ3) is 3.71. The van der Waals surface area contributed by atoms with Crippen molar-refractivity contribution in [2.24, 2.45) is 5.92 Å². The molecule has 1 aliphatic carbocycles. The first-order valence-electron chi connectivity index (χ1n) is 7.75. The van der Waals surface area contributed by atoms with Crippen molar-refractivity contribution in [1.82, 2.24) is 10.6 Å². The average molecular weight is 252 g/mol. The normalized spacial score (nSPS) is 37.2. The Bertz CT molecular complexity index is 280. The van der Waals surface area contributed by atoms with Crippen molar-refractivity contribution in [3.05, 3.63) is 0 Å². The lowest BCUT2D eigenvalue weighted by Gasteiger charge is -2.32. The van der Waals surface area contributed by atoms with Crippen LogP contribution in [-0.4, -0.2) is 24.0 Å². The maximum Gasteiger partial charge on any atom is 0.237 e. The average Bonchev–Trinajstić information content (AvgIpc) is 2.39. The van der Waals surface area contributed by atoms with E-state index in [1.807, 2.05) is 0 Å². The van der Waals surface area contributed by atoms with E-state index < -0.39 is 0 Å². The molecule has 0 radical (unpaired) electrons. The standard InChI is InChI=1S/C15H28N2O/c1-3-12-7-5-8-13(10-12)17-15(18)14-9-4-6-11(2)16-14/h11-14,16H,3-10H2,1-2H3,(H,17,18). The van der Waals surface area contributed by atoms with E-state index in [-0.39, 0.29) is 11.9 Å². The van der Waals surface area contributed by atoms with Gasteiger partial charge >= 0.3 is 0 Å². The van der Waals surface area contributed by atoms with Gasteiger partial charge in [0.1, 0.15) is 0 Å². The smallest absolute Gasteiger partial charge is 0.237 e. The number of carbonyl (C=O) groups is 1. The van der Waals surface area contributed by atoms with E-state index in [2.05, 4.69) is 24.5 Å². The van der Waals surface area contributed by atoms with Crippen molar-refractivity contribution in [3.63, 3.8) is 0 Å². The van der Waals surface area contributed by atoms with Gasteiger partial charge in [0, 0.05) is 12.1 Å². The van der Waals surface area contributed by atoms with Gasteiger partial charge in [0.15, 0.2) is 0 Å². The topological polar surface area (TPSA) is 41.1 Å². The highest BCUT2D eigenvalue weighted by Crippen LogP contribution is 2.26. The summed E-state index contributed by atoms with van der Waals surface area (Å²) >= 11 is 0. The number of hydrogen-bond donors (Lipinski definition) is 2. The van der Waals surface area contributed by atoms with Crippen LogP contribution in [0.2, 0.25) is 0 Å². The van der Waals surface area contributed by atoms with Gasteiger partial charge in [-0.1, -0.05) is 26.2 Å². The van der Waals surface area contributed by atoms with Crippen LogP contribution in [-0.2, 0) is 4.79 Å². The van der Waals surface area contributed by atoms with Gasteiger partial charge in [-0.3, -0.25) is 4.79 Å². The minimum atomic E-state index is 0.0516. The summed E-state index contributed by atoms with van der Waals surface area (Å²) in [5, 5.41) is 6.69. The molecule has 2 aliphatic rings. The maximum atomic E-state index is 12.2. The zero-order chi connectivity index (χ0) is 13.0. The molecule has 0 bridgehead atoms. The molecule has 1 amide bonds. The Kier molecular flexibility index (Phi) is 5.04. The fraction of sp³-hybridized carbons (Fsp3) is 0.933. The molecule has 3 nitrogen and oxygen atoms in total. The van der Waals surface area contributed by atoms with Crippen molar-refractivity contribution in [3.8, 4) is 0 Å². The summed E-state index contributed by atoms with van der Waals surface area (Å²) < 4.78 is 0. The molecule has 2 fully saturated rings. The quantitative estimate of drug-likeness (QED) is 0.810. The largest absolute Gasteiger partial charge is 0.352 e. The Hall–Kier alpha value is -0.570. The van der Waals surface area contributed by atoms with Gasteiger partial charge in [-0.2, -0.15) is 0 Å². The second-order valence-electron chi connectivity index (χ2n) is 6.20. The molecule has 104 valence electrons. The van der Waals surface area contributed by atoms with Gasteiger partial charge in [-0.15, -0.1) is 0 Å². The molecular weight excluding hydrogens is 224 g/mol. The zero-order valence-corrected chi connectivity index (χ0v) is 11.9. The molecule has 0 aromatic heterocycles. The van der Waals surface area contributed by atoms with Crippen molar-refractivity contribution in [2.45, 2.75) is 83.3 Å². The van der Waals surface area contributed by atoms with Gasteiger partial charge in [-0.05, 0) is 44.9 Å². The summed E-state index contributed by atoms with van der Waals surface area (Å²) in [6.45, 7) is 4.44. The van der Waals surface area contributed by atoms with E-state index in [1.165, 1.54) is 44.9 Å². The number of amides is 1. The molecule has 1 aliphatic heterocycles. The van der Waals surface area contributed by atoms with Crippen LogP contribution in [0.25, 0.3) is 0 Å². The molecule has 1 saturated heterocycles. The number of carbonyl (C=O) groups excluding carboxylic acids is 1. The van der Waals surface area contributed by atoms with Crippen LogP contribution in [0.15, 0.2) is 0 Å². The van der Waals surface area contributed by atoms with Gasteiger partial charge in [-0.25, -0.2) is 0 Å². The minimum absolute atomic E-state index is 0.0516. The van der Waals surface area contributed by atoms with E-state index in [0.29, 0.717) is 12.1 Å². The Morgan fingerprint density at radius 1 is 1.22 bits per heavy atom. The summed E-state index contributed by atoms with van der Waals surface area (Å²) in [7, 11) is 0. The Balaban J connectivity index is 1.79. The van der Waals surface area contributed by atoms with Crippen LogP contribution in [0.3, 0.4) is 0 Å². The van der Waals surface area contributed by atoms with Crippen LogP contribution < -0.4 is 10.6 Å².